The average molecular weight is 1040 g/mol. The molecule has 1 aliphatic carbocycles. The van der Waals surface area contributed by atoms with Gasteiger partial charge < -0.3 is 64.0 Å². The maximum absolute atomic E-state index is 12.4. The minimum absolute atomic E-state index is 0.160. The van der Waals surface area contributed by atoms with E-state index in [1.54, 1.807) is 26.1 Å². The molecule has 8 rings (SSSR count). The lowest BCUT2D eigenvalue weighted by Crippen LogP contribution is -2.49. The van der Waals surface area contributed by atoms with E-state index >= 15 is 0 Å². The lowest BCUT2D eigenvalue weighted by molar-refractivity contribution is 0.0705. The van der Waals surface area contributed by atoms with Crippen LogP contribution in [0.5, 0.6) is 11.5 Å². The van der Waals surface area contributed by atoms with Crippen LogP contribution in [-0.4, -0.2) is 157 Å². The maximum atomic E-state index is 12.4. The number of aliphatic hydroxyl groups is 2. The molecule has 1 amide bonds. The summed E-state index contributed by atoms with van der Waals surface area (Å²) in [6.07, 6.45) is 3.23. The van der Waals surface area contributed by atoms with Crippen molar-refractivity contribution in [2.24, 2.45) is 0 Å². The number of hydrogen-bond donors (Lipinski definition) is 5. The summed E-state index contributed by atoms with van der Waals surface area (Å²) in [4.78, 5) is 36.1. The zero-order valence-electron chi connectivity index (χ0n) is 45.6. The van der Waals surface area contributed by atoms with E-state index in [-0.39, 0.29) is 25.9 Å². The normalized spacial score (nSPS) is 14.4. The lowest BCUT2D eigenvalue weighted by atomic mass is 10.0. The highest BCUT2D eigenvalue weighted by Gasteiger charge is 2.28. The predicted octanol–water partition coefficient (Wildman–Crippen LogP) is 7.65. The fraction of sp³-hybridized carbons (Fsp3) is 0.509. The van der Waals surface area contributed by atoms with Crippen LogP contribution in [0.15, 0.2) is 57.6 Å². The molecule has 1 saturated heterocycles. The van der Waals surface area contributed by atoms with Crippen LogP contribution in [0.2, 0.25) is 0 Å². The van der Waals surface area contributed by atoms with Crippen molar-refractivity contribution in [3.63, 3.8) is 0 Å². The number of nitrogens with zero attached hydrogens (tertiary/aromatic N) is 8. The zero-order valence-corrected chi connectivity index (χ0v) is 45.6. The van der Waals surface area contributed by atoms with E-state index in [1.807, 2.05) is 104 Å². The molecule has 20 nitrogen and oxygen atoms in total. The Morgan fingerprint density at radius 2 is 1.21 bits per heavy atom. The number of rotatable bonds is 20. The number of methoxy groups -OCH3 is 1. The second-order valence-electron chi connectivity index (χ2n) is 18.4. The summed E-state index contributed by atoms with van der Waals surface area (Å²) >= 11 is 0. The second kappa shape index (κ2) is 28.3. The third kappa shape index (κ3) is 15.2. The molecule has 1 saturated carbocycles. The van der Waals surface area contributed by atoms with E-state index in [0.717, 1.165) is 86.4 Å². The number of ether oxygens (including phenoxy) is 4. The quantitative estimate of drug-likeness (QED) is 0.0461. The van der Waals surface area contributed by atoms with Gasteiger partial charge in [-0.2, -0.15) is 0 Å². The number of benzene rings is 2. The number of carbonyl (C=O) groups excluding carboxylic acids is 1. The van der Waals surface area contributed by atoms with Crippen LogP contribution in [0.3, 0.4) is 0 Å². The third-order valence-electron chi connectivity index (χ3n) is 12.8. The van der Waals surface area contributed by atoms with Crippen molar-refractivity contribution in [3.8, 4) is 56.8 Å². The summed E-state index contributed by atoms with van der Waals surface area (Å²) in [5.74, 6) is 5.45. The van der Waals surface area contributed by atoms with Crippen molar-refractivity contribution in [2.45, 2.75) is 99.3 Å². The van der Waals surface area contributed by atoms with Gasteiger partial charge in [0.1, 0.15) is 66.7 Å². The molecule has 75 heavy (non-hydrogen) atoms. The second-order valence-corrected chi connectivity index (χ2v) is 18.4. The van der Waals surface area contributed by atoms with Gasteiger partial charge in [0.05, 0.1) is 40.5 Å². The molecular weight excluding hydrogens is 959 g/mol. The van der Waals surface area contributed by atoms with Crippen LogP contribution in [0.4, 0.5) is 16.4 Å². The molecule has 5 heterocycles. The summed E-state index contributed by atoms with van der Waals surface area (Å²) in [5.41, 5.74) is 8.38. The summed E-state index contributed by atoms with van der Waals surface area (Å²) in [5, 5.41) is 37.8. The molecule has 6 aromatic rings. The van der Waals surface area contributed by atoms with Crippen LogP contribution in [0.1, 0.15) is 73.6 Å². The summed E-state index contributed by atoms with van der Waals surface area (Å²) in [7, 11) is 5.15. The van der Waals surface area contributed by atoms with E-state index in [2.05, 4.69) is 31.2 Å². The van der Waals surface area contributed by atoms with Crippen molar-refractivity contribution in [2.75, 3.05) is 97.1 Å². The largest absolute Gasteiger partial charge is 0.491 e. The van der Waals surface area contributed by atoms with Gasteiger partial charge in [-0.25, -0.2) is 24.7 Å². The number of anilines is 2. The topological polar surface area (TPSA) is 241 Å². The fourth-order valence-electron chi connectivity index (χ4n) is 8.95. The molecule has 2 aromatic carbocycles. The van der Waals surface area contributed by atoms with E-state index < -0.39 is 12.2 Å². The smallest absolute Gasteiger partial charge is 0.409 e. The van der Waals surface area contributed by atoms with E-state index in [4.69, 9.17) is 47.9 Å². The Hall–Kier alpha value is -6.71. The van der Waals surface area contributed by atoms with E-state index in [0.29, 0.717) is 80.8 Å². The fourth-order valence-corrected chi connectivity index (χ4v) is 8.95. The number of carbonyl (C=O) groups is 1. The van der Waals surface area contributed by atoms with E-state index in [1.165, 1.54) is 12.8 Å². The first-order chi connectivity index (χ1) is 36.3. The number of aryl methyl sites for hydroxylation is 4. The molecule has 0 radical (unpaired) electrons. The van der Waals surface area contributed by atoms with Crippen LogP contribution in [0.25, 0.3) is 45.3 Å². The molecule has 5 N–H and O–H groups in total. The predicted molar refractivity (Wildman–Crippen MR) is 289 cm³/mol. The van der Waals surface area contributed by atoms with Gasteiger partial charge in [-0.05, 0) is 92.7 Å². The van der Waals surface area contributed by atoms with Crippen LogP contribution < -0.4 is 30.3 Å². The minimum Gasteiger partial charge on any atom is -0.491 e. The first-order valence-corrected chi connectivity index (χ1v) is 26.0. The van der Waals surface area contributed by atoms with Gasteiger partial charge in [0.25, 0.3) is 0 Å². The number of aromatic nitrogens is 6. The minimum atomic E-state index is -0.627. The molecule has 2 unspecified atom stereocenters. The van der Waals surface area contributed by atoms with Crippen molar-refractivity contribution in [1.82, 2.24) is 45.8 Å². The molecule has 2 aliphatic rings. The van der Waals surface area contributed by atoms with Gasteiger partial charge in [-0.1, -0.05) is 61.3 Å². The number of likely N-dealkylation sites (N-methyl/N-ethyl adjacent to an activating group) is 2. The van der Waals surface area contributed by atoms with Gasteiger partial charge in [-0.3, -0.25) is 0 Å². The maximum Gasteiger partial charge on any atom is 0.409 e. The number of amides is 1. The van der Waals surface area contributed by atoms with Crippen molar-refractivity contribution < 1.29 is 43.0 Å². The Kier molecular flexibility index (Phi) is 21.7. The van der Waals surface area contributed by atoms with E-state index in [9.17, 15) is 15.0 Å². The van der Waals surface area contributed by atoms with Crippen molar-refractivity contribution in [3.05, 3.63) is 82.6 Å². The molecule has 2 fully saturated rings. The highest BCUT2D eigenvalue weighted by molar-refractivity contribution is 5.76. The van der Waals surface area contributed by atoms with Crippen LogP contribution in [0, 0.1) is 41.5 Å². The third-order valence-corrected chi connectivity index (χ3v) is 12.8. The zero-order chi connectivity index (χ0) is 54.0. The monoisotopic (exact) mass is 1040 g/mol. The number of aliphatic hydroxyl groups excluding tert-OH is 2. The molecule has 0 spiro atoms. The Balaban J connectivity index is 0.000000240. The lowest BCUT2D eigenvalue weighted by Gasteiger charge is -2.35. The Morgan fingerprint density at radius 3 is 1.69 bits per heavy atom. The molecule has 406 valence electrons. The van der Waals surface area contributed by atoms with Gasteiger partial charge in [0.15, 0.2) is 11.6 Å². The first-order valence-electron chi connectivity index (χ1n) is 26.0. The highest BCUT2D eigenvalue weighted by Crippen LogP contribution is 2.37. The van der Waals surface area contributed by atoms with Gasteiger partial charge >= 0.3 is 6.09 Å². The molecular formula is C55H77N11O9. The summed E-state index contributed by atoms with van der Waals surface area (Å²) < 4.78 is 32.8. The first kappa shape index (κ1) is 57.6. The van der Waals surface area contributed by atoms with Crippen LogP contribution >= 0.6 is 0 Å². The average Bonchev–Trinajstić information content (AvgIpc) is 4.16. The summed E-state index contributed by atoms with van der Waals surface area (Å²) in [6, 6.07) is 15.6. The Bertz CT molecular complexity index is 2710. The SMILES string of the molecule is CC.CNCC(O)COc1cccc(-c2nc(-c3c(C)noc3C)c(C)c(N3CCN(C(=O)OCCOC)CC3)n2)c1.CNCC(O)COc1cccc(-c2nc(NC3CCCC3)c(C)c(-c3c(C)noc3C)n2)c1. The van der Waals surface area contributed by atoms with Crippen molar-refractivity contribution in [1.29, 1.82) is 0 Å². The Labute approximate surface area is 440 Å². The number of piperazine rings is 1. The molecule has 1 aliphatic heterocycles. The number of hydrogen-bond acceptors (Lipinski definition) is 19. The molecule has 20 heteroatoms. The molecule has 2 atom stereocenters. The number of nitrogens with one attached hydrogen (secondary N) is 3. The molecule has 0 bridgehead atoms. The van der Waals surface area contributed by atoms with Gasteiger partial charge in [0, 0.05) is 74.7 Å². The van der Waals surface area contributed by atoms with Gasteiger partial charge in [0.2, 0.25) is 0 Å². The molecule has 4 aromatic heterocycles. The van der Waals surface area contributed by atoms with Gasteiger partial charge in [-0.15, -0.1) is 0 Å². The Morgan fingerprint density at radius 1 is 0.707 bits per heavy atom. The highest BCUT2D eigenvalue weighted by atomic mass is 16.6. The standard InChI is InChI=1S/C28H38N6O6.C25H33N5O3.C2H6/c1-18-25(24-19(2)32-40-20(24)3)30-26(21-7-6-8-23(15-21)39-17-22(35)16-29-4)31-27(18)33-9-11-34(12-10-33)28(36)38-14-13-37-5;1-15-23(22-16(2)30-33-17(22)3)28-25(29-24(15)27-19-9-5-6-10-19)18-8-7-11-21(12-18)32-14-20(31)13-26-4;1-2/h6-8,15,22,29,35H,9-14,16-17H2,1-5H3;7-8,11-12,19-20,26,31H,5-6,9-10,13-14H2,1-4H3,(H,27,28,29);1-2H3. The van der Waals surface area contributed by atoms with Crippen molar-refractivity contribution >= 4 is 17.7 Å². The van der Waals surface area contributed by atoms with Crippen LogP contribution in [-0.2, 0) is 9.47 Å². The summed E-state index contributed by atoms with van der Waals surface area (Å²) in [6.45, 7) is 19.7.